The molecule has 26 heavy (non-hydrogen) atoms. The van der Waals surface area contributed by atoms with Crippen molar-refractivity contribution in [2.45, 2.75) is 24.3 Å². The van der Waals surface area contributed by atoms with Gasteiger partial charge in [-0.3, -0.25) is 14.8 Å². The van der Waals surface area contributed by atoms with Crippen LogP contribution in [0.5, 0.6) is 0 Å². The van der Waals surface area contributed by atoms with Crippen molar-refractivity contribution in [3.05, 3.63) is 66.7 Å². The van der Waals surface area contributed by atoms with Gasteiger partial charge in [0, 0.05) is 29.4 Å². The van der Waals surface area contributed by atoms with E-state index in [2.05, 4.69) is 15.3 Å². The van der Waals surface area contributed by atoms with E-state index < -0.39 is 5.54 Å². The van der Waals surface area contributed by atoms with E-state index in [1.165, 1.54) is 4.90 Å². The van der Waals surface area contributed by atoms with E-state index in [0.717, 1.165) is 16.3 Å². The van der Waals surface area contributed by atoms with Crippen molar-refractivity contribution in [2.75, 3.05) is 4.90 Å². The molecule has 1 aliphatic heterocycles. The Morgan fingerprint density at radius 2 is 1.77 bits per heavy atom. The summed E-state index contributed by atoms with van der Waals surface area (Å²) >= 11 is 0. The zero-order chi connectivity index (χ0) is 17.7. The van der Waals surface area contributed by atoms with Crippen LogP contribution in [0.25, 0.3) is 10.8 Å². The highest BCUT2D eigenvalue weighted by Gasteiger charge is 2.59. The maximum Gasteiger partial charge on any atom is 0.329 e. The number of pyridine rings is 2. The van der Waals surface area contributed by atoms with Gasteiger partial charge in [0.2, 0.25) is 0 Å². The van der Waals surface area contributed by atoms with E-state index in [0.29, 0.717) is 18.5 Å². The maximum absolute atomic E-state index is 13.1. The minimum atomic E-state index is -0.804. The van der Waals surface area contributed by atoms with Crippen LogP contribution in [-0.4, -0.2) is 27.4 Å². The molecule has 3 aromatic rings. The molecule has 1 aliphatic carbocycles. The zero-order valence-electron chi connectivity index (χ0n) is 13.9. The van der Waals surface area contributed by atoms with Gasteiger partial charge in [0.15, 0.2) is 0 Å². The quantitative estimate of drug-likeness (QED) is 0.725. The monoisotopic (exact) mass is 344 g/mol. The Bertz CT molecular complexity index is 1020. The molecule has 1 N–H and O–H groups in total. The SMILES string of the molecule is O=C1NC2(CC(c3ccncc3)C2)C(=O)N1c1cncc2ccccc12. The molecule has 6 nitrogen and oxygen atoms in total. The highest BCUT2D eigenvalue weighted by atomic mass is 16.2. The average Bonchev–Trinajstić information content (AvgIpc) is 2.91. The number of imide groups is 1. The molecular formula is C20H16N4O2. The Balaban J connectivity index is 1.48. The summed E-state index contributed by atoms with van der Waals surface area (Å²) in [4.78, 5) is 35.3. The lowest BCUT2D eigenvalue weighted by atomic mass is 9.65. The Morgan fingerprint density at radius 1 is 1.00 bits per heavy atom. The van der Waals surface area contributed by atoms with Gasteiger partial charge < -0.3 is 5.32 Å². The summed E-state index contributed by atoms with van der Waals surface area (Å²) in [5.41, 5.74) is 0.884. The topological polar surface area (TPSA) is 75.2 Å². The molecule has 0 bridgehead atoms. The van der Waals surface area contributed by atoms with Crippen molar-refractivity contribution in [1.29, 1.82) is 0 Å². The largest absolute Gasteiger partial charge is 0.329 e. The molecule has 3 amide bonds. The summed E-state index contributed by atoms with van der Waals surface area (Å²) in [5.74, 6) is 0.0683. The predicted octanol–water partition coefficient (Wildman–Crippen LogP) is 3.00. The van der Waals surface area contributed by atoms with Gasteiger partial charge >= 0.3 is 6.03 Å². The van der Waals surface area contributed by atoms with Crippen LogP contribution in [0.1, 0.15) is 24.3 Å². The number of anilines is 1. The first-order valence-electron chi connectivity index (χ1n) is 8.57. The number of carbonyl (C=O) groups is 2. The van der Waals surface area contributed by atoms with E-state index in [9.17, 15) is 9.59 Å². The first-order valence-corrected chi connectivity index (χ1v) is 8.57. The number of rotatable bonds is 2. The van der Waals surface area contributed by atoms with Crippen molar-refractivity contribution < 1.29 is 9.59 Å². The van der Waals surface area contributed by atoms with Crippen LogP contribution in [-0.2, 0) is 4.79 Å². The first-order chi connectivity index (χ1) is 12.7. The van der Waals surface area contributed by atoms with Crippen molar-refractivity contribution in [3.8, 4) is 0 Å². The number of urea groups is 1. The predicted molar refractivity (Wildman–Crippen MR) is 96.7 cm³/mol. The van der Waals surface area contributed by atoms with Crippen LogP contribution in [0, 0.1) is 0 Å². The summed E-state index contributed by atoms with van der Waals surface area (Å²) in [6.07, 6.45) is 8.03. The highest BCUT2D eigenvalue weighted by molar-refractivity contribution is 6.26. The standard InChI is InChI=1S/C20H16N4O2/c25-18-20(9-15(10-20)13-5-7-21-8-6-13)23-19(26)24(18)17-12-22-11-14-3-1-2-4-16(14)17/h1-8,11-12,15H,9-10H2,(H,23,26). The maximum atomic E-state index is 13.1. The zero-order valence-corrected chi connectivity index (χ0v) is 13.9. The molecule has 2 aromatic heterocycles. The Kier molecular flexibility index (Phi) is 3.09. The summed E-state index contributed by atoms with van der Waals surface area (Å²) in [5, 5.41) is 4.66. The molecule has 1 saturated heterocycles. The fourth-order valence-corrected chi connectivity index (χ4v) is 4.05. The second-order valence-electron chi connectivity index (χ2n) is 6.92. The molecule has 3 heterocycles. The molecule has 0 atom stereocenters. The molecule has 1 spiro atoms. The van der Waals surface area contributed by atoms with Crippen LogP contribution in [0.15, 0.2) is 61.2 Å². The lowest BCUT2D eigenvalue weighted by molar-refractivity contribution is -0.125. The highest BCUT2D eigenvalue weighted by Crippen LogP contribution is 2.48. The minimum absolute atomic E-state index is 0.189. The third-order valence-electron chi connectivity index (χ3n) is 5.42. The van der Waals surface area contributed by atoms with E-state index in [1.807, 2.05) is 36.4 Å². The number of nitrogens with zero attached hydrogens (tertiary/aromatic N) is 3. The van der Waals surface area contributed by atoms with E-state index in [1.54, 1.807) is 24.8 Å². The smallest absolute Gasteiger partial charge is 0.323 e. The van der Waals surface area contributed by atoms with Crippen molar-refractivity contribution in [1.82, 2.24) is 15.3 Å². The summed E-state index contributed by atoms with van der Waals surface area (Å²) in [6.45, 7) is 0. The van der Waals surface area contributed by atoms with Crippen molar-refractivity contribution in [2.24, 2.45) is 0 Å². The molecule has 1 aromatic carbocycles. The number of hydrogen-bond acceptors (Lipinski definition) is 4. The fourth-order valence-electron chi connectivity index (χ4n) is 4.05. The number of aromatic nitrogens is 2. The van der Waals surface area contributed by atoms with Gasteiger partial charge in [0.1, 0.15) is 5.54 Å². The van der Waals surface area contributed by atoms with Crippen LogP contribution in [0.3, 0.4) is 0 Å². The number of carbonyl (C=O) groups excluding carboxylic acids is 2. The second kappa shape index (κ2) is 5.36. The fraction of sp³-hybridized carbons (Fsp3) is 0.200. The molecular weight excluding hydrogens is 328 g/mol. The minimum Gasteiger partial charge on any atom is -0.323 e. The number of hydrogen-bond donors (Lipinski definition) is 1. The Labute approximate surface area is 149 Å². The van der Waals surface area contributed by atoms with E-state index in [4.69, 9.17) is 0 Å². The molecule has 2 fully saturated rings. The lowest BCUT2D eigenvalue weighted by Crippen LogP contribution is -2.56. The summed E-state index contributed by atoms with van der Waals surface area (Å²) in [7, 11) is 0. The third kappa shape index (κ3) is 2.05. The number of fused-ring (bicyclic) bond motifs is 1. The lowest BCUT2D eigenvalue weighted by Gasteiger charge is -2.42. The van der Waals surface area contributed by atoms with E-state index >= 15 is 0 Å². The van der Waals surface area contributed by atoms with Crippen LogP contribution in [0.4, 0.5) is 10.5 Å². The van der Waals surface area contributed by atoms with Gasteiger partial charge in [0.25, 0.3) is 5.91 Å². The molecule has 128 valence electrons. The van der Waals surface area contributed by atoms with Crippen LogP contribution < -0.4 is 10.2 Å². The van der Waals surface area contributed by atoms with Gasteiger partial charge in [0.05, 0.1) is 11.9 Å². The van der Waals surface area contributed by atoms with Gasteiger partial charge in [-0.25, -0.2) is 9.69 Å². The Hall–Kier alpha value is -3.28. The molecule has 6 heteroatoms. The van der Waals surface area contributed by atoms with Crippen molar-refractivity contribution >= 4 is 28.4 Å². The van der Waals surface area contributed by atoms with Gasteiger partial charge in [-0.15, -0.1) is 0 Å². The number of nitrogens with one attached hydrogen (secondary N) is 1. The Morgan fingerprint density at radius 3 is 2.58 bits per heavy atom. The summed E-state index contributed by atoms with van der Waals surface area (Å²) in [6, 6.07) is 11.2. The number of benzene rings is 1. The molecule has 0 unspecified atom stereocenters. The van der Waals surface area contributed by atoms with Crippen LogP contribution in [0.2, 0.25) is 0 Å². The summed E-state index contributed by atoms with van der Waals surface area (Å²) < 4.78 is 0. The first kappa shape index (κ1) is 15.0. The van der Waals surface area contributed by atoms with Crippen molar-refractivity contribution in [3.63, 3.8) is 0 Å². The van der Waals surface area contributed by atoms with Gasteiger partial charge in [-0.2, -0.15) is 0 Å². The molecule has 1 saturated carbocycles. The molecule has 0 radical (unpaired) electrons. The number of amides is 3. The third-order valence-corrected chi connectivity index (χ3v) is 5.42. The van der Waals surface area contributed by atoms with Gasteiger partial charge in [-0.1, -0.05) is 24.3 Å². The van der Waals surface area contributed by atoms with Crippen LogP contribution >= 0.6 is 0 Å². The second-order valence-corrected chi connectivity index (χ2v) is 6.92. The molecule has 5 rings (SSSR count). The van der Waals surface area contributed by atoms with Gasteiger partial charge in [-0.05, 0) is 36.5 Å². The molecule has 2 aliphatic rings. The normalized spacial score (nSPS) is 24.8. The van der Waals surface area contributed by atoms with E-state index in [-0.39, 0.29) is 17.9 Å². The average molecular weight is 344 g/mol.